The first-order valence-electron chi connectivity index (χ1n) is 10.3. The van der Waals surface area contributed by atoms with Crippen molar-refractivity contribution in [2.75, 3.05) is 32.6 Å². The molecule has 0 spiro atoms. The number of nitrogens with zero attached hydrogens (tertiary/aromatic N) is 6. The number of carbonyl (C=O) groups excluding carboxylic acids is 1. The predicted octanol–water partition coefficient (Wildman–Crippen LogP) is 3.38. The maximum Gasteiger partial charge on any atom is 0.255 e. The number of pyridine rings is 2. The van der Waals surface area contributed by atoms with Crippen molar-refractivity contribution in [1.29, 1.82) is 0 Å². The molecule has 0 N–H and O–H groups in total. The van der Waals surface area contributed by atoms with Crippen LogP contribution >= 0.6 is 0 Å². The highest BCUT2D eigenvalue weighted by molar-refractivity contribution is 5.94. The van der Waals surface area contributed by atoms with Gasteiger partial charge >= 0.3 is 0 Å². The number of aromatic nitrogens is 4. The Hall–Kier alpha value is -3.55. The minimum absolute atomic E-state index is 0.0504. The highest BCUT2D eigenvalue weighted by Crippen LogP contribution is 2.37. The zero-order chi connectivity index (χ0) is 21.8. The molecule has 31 heavy (non-hydrogen) atoms. The molecule has 1 aliphatic rings. The van der Waals surface area contributed by atoms with E-state index in [-0.39, 0.29) is 11.9 Å². The van der Waals surface area contributed by atoms with E-state index in [2.05, 4.69) is 15.0 Å². The Morgan fingerprint density at radius 3 is 2.58 bits per heavy atom. The van der Waals surface area contributed by atoms with E-state index in [1.54, 1.807) is 37.8 Å². The Balaban J connectivity index is 1.76. The number of methoxy groups -OCH3 is 1. The summed E-state index contributed by atoms with van der Waals surface area (Å²) in [5, 5.41) is 0. The second-order valence-corrected chi connectivity index (χ2v) is 7.70. The smallest absolute Gasteiger partial charge is 0.255 e. The number of amides is 1. The van der Waals surface area contributed by atoms with Crippen molar-refractivity contribution in [2.45, 2.75) is 25.3 Å². The van der Waals surface area contributed by atoms with Crippen LogP contribution in [0.5, 0.6) is 5.88 Å². The fourth-order valence-electron chi connectivity index (χ4n) is 3.86. The van der Waals surface area contributed by atoms with Gasteiger partial charge in [-0.05, 0) is 43.0 Å². The van der Waals surface area contributed by atoms with Crippen LogP contribution < -0.4 is 9.64 Å². The molecule has 3 aromatic heterocycles. The third-order valence-electron chi connectivity index (χ3n) is 5.47. The topological polar surface area (TPSA) is 84.3 Å². The molecule has 160 valence electrons. The van der Waals surface area contributed by atoms with Gasteiger partial charge in [0.25, 0.3) is 5.91 Å². The monoisotopic (exact) mass is 418 g/mol. The van der Waals surface area contributed by atoms with Gasteiger partial charge in [0.05, 0.1) is 24.4 Å². The van der Waals surface area contributed by atoms with Gasteiger partial charge in [-0.3, -0.25) is 9.78 Å². The summed E-state index contributed by atoms with van der Waals surface area (Å²) in [5.41, 5.74) is 3.31. The SMILES string of the molecule is COc1ccc(C(=O)N2CCCCC2c2nc(N(C)C)ncc2-c2ccncc2)cn1. The Morgan fingerprint density at radius 2 is 1.90 bits per heavy atom. The maximum atomic E-state index is 13.4. The molecule has 8 nitrogen and oxygen atoms in total. The fraction of sp³-hybridized carbons (Fsp3) is 0.348. The van der Waals surface area contributed by atoms with Crippen LogP contribution in [0.2, 0.25) is 0 Å². The quantitative estimate of drug-likeness (QED) is 0.628. The molecule has 0 aliphatic carbocycles. The van der Waals surface area contributed by atoms with Crippen molar-refractivity contribution in [2.24, 2.45) is 0 Å². The first kappa shape index (κ1) is 20.7. The zero-order valence-corrected chi connectivity index (χ0v) is 18.0. The van der Waals surface area contributed by atoms with Gasteiger partial charge in [0, 0.05) is 57.1 Å². The third kappa shape index (κ3) is 4.33. The second kappa shape index (κ2) is 9.07. The van der Waals surface area contributed by atoms with Crippen LogP contribution in [-0.2, 0) is 0 Å². The molecule has 0 aromatic carbocycles. The molecule has 4 rings (SSSR count). The maximum absolute atomic E-state index is 13.4. The van der Waals surface area contributed by atoms with Gasteiger partial charge in [0.2, 0.25) is 11.8 Å². The number of rotatable bonds is 5. The first-order chi connectivity index (χ1) is 15.1. The van der Waals surface area contributed by atoms with E-state index >= 15 is 0 Å². The Morgan fingerprint density at radius 1 is 1.10 bits per heavy atom. The highest BCUT2D eigenvalue weighted by Gasteiger charge is 2.32. The van der Waals surface area contributed by atoms with Crippen molar-refractivity contribution in [3.63, 3.8) is 0 Å². The summed E-state index contributed by atoms with van der Waals surface area (Å²) < 4.78 is 5.12. The average molecular weight is 419 g/mol. The normalized spacial score (nSPS) is 16.1. The van der Waals surface area contributed by atoms with E-state index in [9.17, 15) is 4.79 Å². The molecule has 4 heterocycles. The molecule has 0 bridgehead atoms. The number of carbonyl (C=O) groups is 1. The van der Waals surface area contributed by atoms with Crippen molar-refractivity contribution in [3.8, 4) is 17.0 Å². The number of anilines is 1. The van der Waals surface area contributed by atoms with Crippen LogP contribution in [0, 0.1) is 0 Å². The number of likely N-dealkylation sites (tertiary alicyclic amines) is 1. The van der Waals surface area contributed by atoms with Gasteiger partial charge in [-0.25, -0.2) is 15.0 Å². The van der Waals surface area contributed by atoms with E-state index in [1.165, 1.54) is 0 Å². The first-order valence-corrected chi connectivity index (χ1v) is 10.3. The van der Waals surface area contributed by atoms with Crippen molar-refractivity contribution < 1.29 is 9.53 Å². The molecule has 1 unspecified atom stereocenters. The van der Waals surface area contributed by atoms with Crippen molar-refractivity contribution >= 4 is 11.9 Å². The van der Waals surface area contributed by atoms with Gasteiger partial charge in [-0.2, -0.15) is 0 Å². The Labute approximate surface area is 181 Å². The number of hydrogen-bond acceptors (Lipinski definition) is 7. The summed E-state index contributed by atoms with van der Waals surface area (Å²) >= 11 is 0. The summed E-state index contributed by atoms with van der Waals surface area (Å²) in [5.74, 6) is 1.06. The fourth-order valence-corrected chi connectivity index (χ4v) is 3.86. The molecule has 3 aromatic rings. The summed E-state index contributed by atoms with van der Waals surface area (Å²) in [7, 11) is 5.39. The Bertz CT molecular complexity index is 1040. The van der Waals surface area contributed by atoms with Gasteiger partial charge in [0.15, 0.2) is 0 Å². The van der Waals surface area contributed by atoms with Gasteiger partial charge in [-0.15, -0.1) is 0 Å². The summed E-state index contributed by atoms with van der Waals surface area (Å²) in [4.78, 5) is 35.0. The predicted molar refractivity (Wildman–Crippen MR) is 118 cm³/mol. The molecule has 0 radical (unpaired) electrons. The van der Waals surface area contributed by atoms with E-state index in [1.807, 2.05) is 42.2 Å². The molecule has 8 heteroatoms. The summed E-state index contributed by atoms with van der Waals surface area (Å²) in [6, 6.07) is 7.21. The average Bonchev–Trinajstić information content (AvgIpc) is 2.83. The molecule has 1 fully saturated rings. The lowest BCUT2D eigenvalue weighted by Crippen LogP contribution is -2.39. The molecule has 1 amide bonds. The lowest BCUT2D eigenvalue weighted by Gasteiger charge is -2.36. The minimum atomic E-state index is -0.145. The second-order valence-electron chi connectivity index (χ2n) is 7.70. The summed E-state index contributed by atoms with van der Waals surface area (Å²) in [6.07, 6.45) is 9.77. The lowest BCUT2D eigenvalue weighted by atomic mass is 9.93. The van der Waals surface area contributed by atoms with Crippen LogP contribution in [-0.4, -0.2) is 58.5 Å². The van der Waals surface area contributed by atoms with Crippen LogP contribution in [0.15, 0.2) is 49.1 Å². The molecule has 1 aliphatic heterocycles. The highest BCUT2D eigenvalue weighted by atomic mass is 16.5. The zero-order valence-electron chi connectivity index (χ0n) is 18.0. The van der Waals surface area contributed by atoms with E-state index < -0.39 is 0 Å². The van der Waals surface area contributed by atoms with Crippen LogP contribution in [0.4, 0.5) is 5.95 Å². The van der Waals surface area contributed by atoms with E-state index in [0.29, 0.717) is 23.9 Å². The molecule has 1 saturated heterocycles. The molecular formula is C23H26N6O2. The number of piperidine rings is 1. The van der Waals surface area contributed by atoms with E-state index in [4.69, 9.17) is 9.72 Å². The van der Waals surface area contributed by atoms with Crippen molar-refractivity contribution in [1.82, 2.24) is 24.8 Å². The lowest BCUT2D eigenvalue weighted by molar-refractivity contribution is 0.0606. The molecule has 1 atom stereocenters. The Kier molecular flexibility index (Phi) is 6.06. The van der Waals surface area contributed by atoms with Gasteiger partial charge in [0.1, 0.15) is 0 Å². The number of hydrogen-bond donors (Lipinski definition) is 0. The largest absolute Gasteiger partial charge is 0.481 e. The van der Waals surface area contributed by atoms with Crippen LogP contribution in [0.25, 0.3) is 11.1 Å². The number of ether oxygens (including phenoxy) is 1. The van der Waals surface area contributed by atoms with Crippen molar-refractivity contribution in [3.05, 3.63) is 60.3 Å². The van der Waals surface area contributed by atoms with Gasteiger partial charge in [-0.1, -0.05) is 0 Å². The third-order valence-corrected chi connectivity index (χ3v) is 5.47. The molecular weight excluding hydrogens is 392 g/mol. The summed E-state index contributed by atoms with van der Waals surface area (Å²) in [6.45, 7) is 0.673. The minimum Gasteiger partial charge on any atom is -0.481 e. The standard InChI is InChI=1S/C23H26N6O2/c1-28(2)23-26-15-18(16-9-11-24-12-10-16)21(27-23)19-6-4-5-13-29(19)22(30)17-7-8-20(31-3)25-14-17/h7-12,14-15,19H,4-6,13H2,1-3H3. The van der Waals surface area contributed by atoms with Crippen LogP contribution in [0.1, 0.15) is 41.4 Å². The molecule has 0 saturated carbocycles. The van der Waals surface area contributed by atoms with E-state index in [0.717, 1.165) is 36.1 Å². The van der Waals surface area contributed by atoms with Crippen LogP contribution in [0.3, 0.4) is 0 Å². The van der Waals surface area contributed by atoms with Gasteiger partial charge < -0.3 is 14.5 Å².